The lowest BCUT2D eigenvalue weighted by atomic mass is 10.0. The monoisotopic (exact) mass is 316 g/mol. The Morgan fingerprint density at radius 1 is 1.10 bits per heavy atom. The fourth-order valence-corrected chi connectivity index (χ4v) is 2.54. The van der Waals surface area contributed by atoms with E-state index in [9.17, 15) is 0 Å². The molecule has 0 heterocycles. The number of hydrogen-bond donors (Lipinski definition) is 1. The van der Waals surface area contributed by atoms with Gasteiger partial charge in [-0.1, -0.05) is 43.1 Å². The molecule has 0 spiro atoms. The molecule has 2 unspecified atom stereocenters. The highest BCUT2D eigenvalue weighted by molar-refractivity contribution is 6.42. The van der Waals surface area contributed by atoms with Crippen molar-refractivity contribution in [2.45, 2.75) is 39.3 Å². The molecule has 4 heteroatoms. The van der Waals surface area contributed by atoms with E-state index in [-0.39, 0.29) is 6.04 Å². The zero-order valence-corrected chi connectivity index (χ0v) is 14.6. The Morgan fingerprint density at radius 2 is 1.75 bits per heavy atom. The van der Waals surface area contributed by atoms with Crippen LogP contribution in [0.5, 0.6) is 0 Å². The van der Waals surface area contributed by atoms with Crippen LogP contribution in [0.4, 0.5) is 0 Å². The smallest absolute Gasteiger partial charge is 0.0595 e. The number of hydrogen-bond acceptors (Lipinski definition) is 2. The van der Waals surface area contributed by atoms with Crippen molar-refractivity contribution in [3.05, 3.63) is 33.8 Å². The fraction of sp³-hybridized carbons (Fsp3) is 0.625. The minimum absolute atomic E-state index is 0.263. The van der Waals surface area contributed by atoms with Gasteiger partial charge in [0.2, 0.25) is 0 Å². The van der Waals surface area contributed by atoms with Gasteiger partial charge >= 0.3 is 0 Å². The summed E-state index contributed by atoms with van der Waals surface area (Å²) in [6.07, 6.45) is 1.19. The van der Waals surface area contributed by atoms with E-state index in [2.05, 4.69) is 45.1 Å². The van der Waals surface area contributed by atoms with Gasteiger partial charge in [0.15, 0.2) is 0 Å². The summed E-state index contributed by atoms with van der Waals surface area (Å²) in [7, 11) is 4.27. The molecule has 20 heavy (non-hydrogen) atoms. The lowest BCUT2D eigenvalue weighted by molar-refractivity contribution is 0.242. The third kappa shape index (κ3) is 5.61. The first-order chi connectivity index (χ1) is 9.31. The summed E-state index contributed by atoms with van der Waals surface area (Å²) >= 11 is 12.0. The van der Waals surface area contributed by atoms with Gasteiger partial charge in [0.25, 0.3) is 0 Å². The average Bonchev–Trinajstić information content (AvgIpc) is 2.36. The minimum Gasteiger partial charge on any atom is -0.309 e. The molecule has 2 atom stereocenters. The van der Waals surface area contributed by atoms with E-state index in [0.717, 1.165) is 6.54 Å². The molecule has 0 radical (unpaired) electrons. The summed E-state index contributed by atoms with van der Waals surface area (Å²) in [5, 5.41) is 4.81. The first-order valence-corrected chi connectivity index (χ1v) is 7.91. The summed E-state index contributed by atoms with van der Waals surface area (Å²) < 4.78 is 0. The Labute approximate surface area is 133 Å². The van der Waals surface area contributed by atoms with E-state index in [1.807, 2.05) is 18.2 Å². The first kappa shape index (κ1) is 17.8. The molecule has 0 aliphatic rings. The van der Waals surface area contributed by atoms with Gasteiger partial charge in [-0.3, -0.25) is 0 Å². The van der Waals surface area contributed by atoms with Crippen molar-refractivity contribution in [2.24, 2.45) is 5.92 Å². The van der Waals surface area contributed by atoms with E-state index < -0.39 is 0 Å². The van der Waals surface area contributed by atoms with Crippen LogP contribution in [0.15, 0.2) is 18.2 Å². The van der Waals surface area contributed by atoms with E-state index in [1.165, 1.54) is 12.0 Å². The van der Waals surface area contributed by atoms with Crippen molar-refractivity contribution in [3.8, 4) is 0 Å². The Morgan fingerprint density at radius 3 is 2.25 bits per heavy atom. The maximum atomic E-state index is 6.07. The van der Waals surface area contributed by atoms with Crippen LogP contribution < -0.4 is 5.32 Å². The predicted octanol–water partition coefficient (Wildman–Crippen LogP) is 4.62. The van der Waals surface area contributed by atoms with Crippen LogP contribution in [0.2, 0.25) is 10.0 Å². The van der Waals surface area contributed by atoms with Crippen molar-refractivity contribution >= 4 is 23.2 Å². The molecule has 0 saturated carbocycles. The predicted molar refractivity (Wildman–Crippen MR) is 89.8 cm³/mol. The van der Waals surface area contributed by atoms with Crippen LogP contribution in [0, 0.1) is 5.92 Å². The summed E-state index contributed by atoms with van der Waals surface area (Å²) in [4.78, 5) is 2.29. The zero-order chi connectivity index (χ0) is 15.3. The Kier molecular flexibility index (Phi) is 7.32. The van der Waals surface area contributed by atoms with E-state index in [1.54, 1.807) is 0 Å². The second kappa shape index (κ2) is 8.23. The van der Waals surface area contributed by atoms with Crippen molar-refractivity contribution in [1.29, 1.82) is 0 Å². The molecule has 1 aromatic rings. The fourth-order valence-electron chi connectivity index (χ4n) is 2.23. The highest BCUT2D eigenvalue weighted by Gasteiger charge is 2.15. The molecule has 0 aliphatic carbocycles. The largest absolute Gasteiger partial charge is 0.309 e. The maximum absolute atomic E-state index is 6.07. The van der Waals surface area contributed by atoms with Crippen LogP contribution in [0.1, 0.15) is 38.8 Å². The number of nitrogens with zero attached hydrogens (tertiary/aromatic N) is 1. The van der Waals surface area contributed by atoms with Gasteiger partial charge in [0.1, 0.15) is 0 Å². The summed E-state index contributed by atoms with van der Waals surface area (Å²) in [6.45, 7) is 7.64. The summed E-state index contributed by atoms with van der Waals surface area (Å²) in [5.74, 6) is 0.699. The summed E-state index contributed by atoms with van der Waals surface area (Å²) in [6, 6.07) is 6.63. The van der Waals surface area contributed by atoms with Crippen LogP contribution in [-0.4, -0.2) is 31.6 Å². The molecule has 0 bridgehead atoms. The Bertz CT molecular complexity index is 419. The van der Waals surface area contributed by atoms with Gasteiger partial charge in [-0.15, -0.1) is 0 Å². The van der Waals surface area contributed by atoms with Crippen molar-refractivity contribution in [2.75, 3.05) is 20.6 Å². The lowest BCUT2D eigenvalue weighted by Crippen LogP contribution is -2.39. The molecule has 0 aliphatic heterocycles. The van der Waals surface area contributed by atoms with Crippen molar-refractivity contribution in [1.82, 2.24) is 10.2 Å². The maximum Gasteiger partial charge on any atom is 0.0595 e. The number of halogens is 2. The minimum atomic E-state index is 0.263. The molecule has 0 saturated heterocycles. The second-order valence-corrected chi connectivity index (χ2v) is 6.86. The van der Waals surface area contributed by atoms with Crippen LogP contribution in [0.3, 0.4) is 0 Å². The molecule has 114 valence electrons. The molecule has 1 rings (SSSR count). The topological polar surface area (TPSA) is 15.3 Å². The molecular weight excluding hydrogens is 291 g/mol. The summed E-state index contributed by atoms with van der Waals surface area (Å²) in [5.41, 5.74) is 1.17. The van der Waals surface area contributed by atoms with Crippen molar-refractivity contribution in [3.63, 3.8) is 0 Å². The van der Waals surface area contributed by atoms with Gasteiger partial charge in [-0.25, -0.2) is 0 Å². The Hall–Kier alpha value is -0.280. The average molecular weight is 317 g/mol. The normalized spacial score (nSPS) is 14.8. The Balaban J connectivity index is 2.60. The lowest BCUT2D eigenvalue weighted by Gasteiger charge is -2.28. The second-order valence-electron chi connectivity index (χ2n) is 6.05. The molecule has 1 aromatic carbocycles. The van der Waals surface area contributed by atoms with Gasteiger partial charge in [-0.2, -0.15) is 0 Å². The molecule has 0 fully saturated rings. The SMILES string of the molecule is CC(C)CC(CNC(C)c1ccc(Cl)c(Cl)c1)N(C)C. The number of benzene rings is 1. The molecule has 0 amide bonds. The van der Waals surface area contributed by atoms with E-state index >= 15 is 0 Å². The van der Waals surface area contributed by atoms with Gasteiger partial charge in [-0.05, 0) is 51.1 Å². The molecule has 2 nitrogen and oxygen atoms in total. The third-order valence-corrected chi connectivity index (χ3v) is 4.32. The van der Waals surface area contributed by atoms with Crippen molar-refractivity contribution < 1.29 is 0 Å². The third-order valence-electron chi connectivity index (χ3n) is 3.58. The zero-order valence-electron chi connectivity index (χ0n) is 13.1. The van der Waals surface area contributed by atoms with Gasteiger partial charge in [0.05, 0.1) is 10.0 Å². The van der Waals surface area contributed by atoms with Gasteiger partial charge < -0.3 is 10.2 Å². The van der Waals surface area contributed by atoms with E-state index in [4.69, 9.17) is 23.2 Å². The van der Waals surface area contributed by atoms with Crippen LogP contribution in [-0.2, 0) is 0 Å². The molecule has 1 N–H and O–H groups in total. The van der Waals surface area contributed by atoms with Gasteiger partial charge in [0, 0.05) is 18.6 Å². The molecule has 0 aromatic heterocycles. The standard InChI is InChI=1S/C16H26Cl2N2/c1-11(2)8-14(20(4)5)10-19-12(3)13-6-7-15(17)16(18)9-13/h6-7,9,11-12,14,19H,8,10H2,1-5H3. The first-order valence-electron chi connectivity index (χ1n) is 7.16. The van der Waals surface area contributed by atoms with E-state index in [0.29, 0.717) is 22.0 Å². The number of nitrogens with one attached hydrogen (secondary N) is 1. The quantitative estimate of drug-likeness (QED) is 0.789. The number of likely N-dealkylation sites (N-methyl/N-ethyl adjacent to an activating group) is 1. The van der Waals surface area contributed by atoms with Crippen LogP contribution in [0.25, 0.3) is 0 Å². The van der Waals surface area contributed by atoms with Crippen LogP contribution >= 0.6 is 23.2 Å². The number of rotatable bonds is 7. The molecular formula is C16H26Cl2N2. The highest BCUT2D eigenvalue weighted by atomic mass is 35.5. The highest BCUT2D eigenvalue weighted by Crippen LogP contribution is 2.25.